The summed E-state index contributed by atoms with van der Waals surface area (Å²) in [5, 5.41) is 3.28. The van der Waals surface area contributed by atoms with Crippen LogP contribution in [0.3, 0.4) is 0 Å². The van der Waals surface area contributed by atoms with Gasteiger partial charge in [-0.25, -0.2) is 9.37 Å². The fraction of sp³-hybridized carbons (Fsp3) is 0.375. The summed E-state index contributed by atoms with van der Waals surface area (Å²) in [6, 6.07) is 6.39. The van der Waals surface area contributed by atoms with Crippen LogP contribution in [0.1, 0.15) is 35.6 Å². The molecule has 0 bridgehead atoms. The number of aromatic amines is 1. The van der Waals surface area contributed by atoms with Crippen molar-refractivity contribution in [1.29, 1.82) is 0 Å². The minimum atomic E-state index is -0.251. The number of aromatic nitrogens is 2. The summed E-state index contributed by atoms with van der Waals surface area (Å²) in [4.78, 5) is 19.3. The zero-order valence-electron chi connectivity index (χ0n) is 12.4. The molecule has 0 saturated heterocycles. The van der Waals surface area contributed by atoms with Crippen LogP contribution in [0, 0.1) is 5.82 Å². The van der Waals surface area contributed by atoms with Gasteiger partial charge in [0.15, 0.2) is 0 Å². The minimum Gasteiger partial charge on any atom is -0.376 e. The van der Waals surface area contributed by atoms with Crippen LogP contribution < -0.4 is 10.9 Å². The van der Waals surface area contributed by atoms with Crippen LogP contribution >= 0.6 is 0 Å². The number of benzene rings is 1. The van der Waals surface area contributed by atoms with Crippen molar-refractivity contribution in [3.05, 3.63) is 63.1 Å². The van der Waals surface area contributed by atoms with Crippen LogP contribution in [0.4, 0.5) is 4.39 Å². The SMILES string of the molecule is CC(NCc1nc2c(c(=O)[nH]1)COCC2)c1ccc(F)cc1. The summed E-state index contributed by atoms with van der Waals surface area (Å²) >= 11 is 0. The van der Waals surface area contributed by atoms with Crippen LogP contribution in [-0.4, -0.2) is 16.6 Å². The van der Waals surface area contributed by atoms with Gasteiger partial charge in [0, 0.05) is 12.5 Å². The molecule has 1 aromatic carbocycles. The van der Waals surface area contributed by atoms with Crippen molar-refractivity contribution in [3.8, 4) is 0 Å². The van der Waals surface area contributed by atoms with Crippen LogP contribution in [0.15, 0.2) is 29.1 Å². The van der Waals surface area contributed by atoms with E-state index in [2.05, 4.69) is 15.3 Å². The molecule has 2 heterocycles. The van der Waals surface area contributed by atoms with Gasteiger partial charge in [-0.3, -0.25) is 4.79 Å². The average molecular weight is 303 g/mol. The van der Waals surface area contributed by atoms with E-state index in [0.29, 0.717) is 37.6 Å². The van der Waals surface area contributed by atoms with Crippen molar-refractivity contribution in [2.24, 2.45) is 0 Å². The highest BCUT2D eigenvalue weighted by molar-refractivity contribution is 5.20. The van der Waals surface area contributed by atoms with Crippen molar-refractivity contribution in [2.75, 3.05) is 6.61 Å². The zero-order valence-corrected chi connectivity index (χ0v) is 12.4. The first-order valence-electron chi connectivity index (χ1n) is 7.31. The molecule has 0 radical (unpaired) electrons. The summed E-state index contributed by atoms with van der Waals surface area (Å²) in [5.74, 6) is 0.360. The van der Waals surface area contributed by atoms with E-state index in [1.807, 2.05) is 6.92 Å². The van der Waals surface area contributed by atoms with E-state index >= 15 is 0 Å². The van der Waals surface area contributed by atoms with E-state index in [-0.39, 0.29) is 17.4 Å². The predicted molar refractivity (Wildman–Crippen MR) is 79.9 cm³/mol. The lowest BCUT2D eigenvalue weighted by Gasteiger charge is -2.17. The van der Waals surface area contributed by atoms with Gasteiger partial charge in [-0.1, -0.05) is 12.1 Å². The standard InChI is InChI=1S/C16H18FN3O2/c1-10(11-2-4-12(17)5-3-11)18-8-15-19-14-6-7-22-9-13(14)16(21)20-15/h2-5,10,18H,6-9H2,1H3,(H,19,20,21). The average Bonchev–Trinajstić information content (AvgIpc) is 2.53. The van der Waals surface area contributed by atoms with Gasteiger partial charge in [-0.05, 0) is 24.6 Å². The second-order valence-corrected chi connectivity index (χ2v) is 5.39. The van der Waals surface area contributed by atoms with E-state index < -0.39 is 0 Å². The largest absolute Gasteiger partial charge is 0.376 e. The molecule has 116 valence electrons. The molecule has 0 amide bonds. The van der Waals surface area contributed by atoms with Crippen molar-refractivity contribution >= 4 is 0 Å². The molecule has 6 heteroatoms. The quantitative estimate of drug-likeness (QED) is 0.904. The normalized spacial score (nSPS) is 15.4. The smallest absolute Gasteiger partial charge is 0.256 e. The van der Waals surface area contributed by atoms with Gasteiger partial charge in [-0.2, -0.15) is 0 Å². The Kier molecular flexibility index (Phi) is 4.31. The second-order valence-electron chi connectivity index (χ2n) is 5.39. The zero-order chi connectivity index (χ0) is 15.5. The number of nitrogens with one attached hydrogen (secondary N) is 2. The number of fused-ring (bicyclic) bond motifs is 1. The molecule has 5 nitrogen and oxygen atoms in total. The molecule has 0 spiro atoms. The van der Waals surface area contributed by atoms with Gasteiger partial charge in [0.1, 0.15) is 11.6 Å². The Labute approximate surface area is 127 Å². The fourth-order valence-electron chi connectivity index (χ4n) is 2.50. The lowest BCUT2D eigenvalue weighted by Crippen LogP contribution is -2.28. The van der Waals surface area contributed by atoms with Gasteiger partial charge < -0.3 is 15.0 Å². The van der Waals surface area contributed by atoms with E-state index in [4.69, 9.17) is 4.74 Å². The first-order valence-corrected chi connectivity index (χ1v) is 7.31. The van der Waals surface area contributed by atoms with Crippen LogP contribution in [0.5, 0.6) is 0 Å². The van der Waals surface area contributed by atoms with E-state index in [9.17, 15) is 9.18 Å². The first kappa shape index (κ1) is 14.9. The van der Waals surface area contributed by atoms with E-state index in [0.717, 1.165) is 11.3 Å². The Hall–Kier alpha value is -2.05. The van der Waals surface area contributed by atoms with Gasteiger partial charge in [-0.15, -0.1) is 0 Å². The molecular weight excluding hydrogens is 285 g/mol. The summed E-state index contributed by atoms with van der Waals surface area (Å²) in [5.41, 5.74) is 2.30. The monoisotopic (exact) mass is 303 g/mol. The van der Waals surface area contributed by atoms with Crippen molar-refractivity contribution in [1.82, 2.24) is 15.3 Å². The number of H-pyrrole nitrogens is 1. The molecule has 0 saturated carbocycles. The summed E-state index contributed by atoms with van der Waals surface area (Å²) in [6.07, 6.45) is 0.666. The van der Waals surface area contributed by atoms with E-state index in [1.165, 1.54) is 12.1 Å². The van der Waals surface area contributed by atoms with E-state index in [1.54, 1.807) is 12.1 Å². The highest BCUT2D eigenvalue weighted by atomic mass is 19.1. The minimum absolute atomic E-state index is 0.0327. The van der Waals surface area contributed by atoms with Gasteiger partial charge in [0.05, 0.1) is 31.0 Å². The van der Waals surface area contributed by atoms with Crippen molar-refractivity contribution < 1.29 is 9.13 Å². The second kappa shape index (κ2) is 6.37. The maximum Gasteiger partial charge on any atom is 0.256 e. The Morgan fingerprint density at radius 3 is 2.95 bits per heavy atom. The number of halogens is 1. The number of hydrogen-bond donors (Lipinski definition) is 2. The Morgan fingerprint density at radius 1 is 1.41 bits per heavy atom. The first-order chi connectivity index (χ1) is 10.6. The van der Waals surface area contributed by atoms with Gasteiger partial charge >= 0.3 is 0 Å². The maximum absolute atomic E-state index is 12.9. The molecule has 1 aliphatic heterocycles. The molecule has 0 fully saturated rings. The molecule has 2 aromatic rings. The predicted octanol–water partition coefficient (Wildman–Crippen LogP) is 1.83. The van der Waals surface area contributed by atoms with Crippen molar-refractivity contribution in [2.45, 2.75) is 32.5 Å². The Bertz CT molecular complexity index is 712. The van der Waals surface area contributed by atoms with Crippen molar-refractivity contribution in [3.63, 3.8) is 0 Å². The lowest BCUT2D eigenvalue weighted by atomic mass is 10.1. The molecule has 2 N–H and O–H groups in total. The summed E-state index contributed by atoms with van der Waals surface area (Å²) in [6.45, 7) is 3.36. The molecule has 1 unspecified atom stereocenters. The molecule has 1 aliphatic rings. The van der Waals surface area contributed by atoms with Crippen LogP contribution in [0.25, 0.3) is 0 Å². The molecule has 1 aromatic heterocycles. The van der Waals surface area contributed by atoms with Crippen LogP contribution in [-0.2, 0) is 24.3 Å². The van der Waals surface area contributed by atoms with Gasteiger partial charge in [0.25, 0.3) is 5.56 Å². The Morgan fingerprint density at radius 2 is 2.18 bits per heavy atom. The highest BCUT2D eigenvalue weighted by Gasteiger charge is 2.16. The Balaban J connectivity index is 1.70. The molecule has 0 aliphatic carbocycles. The number of rotatable bonds is 4. The highest BCUT2D eigenvalue weighted by Crippen LogP contribution is 2.14. The number of hydrogen-bond acceptors (Lipinski definition) is 4. The molecule has 1 atom stereocenters. The summed E-state index contributed by atoms with van der Waals surface area (Å²) in [7, 11) is 0. The molecule has 3 rings (SSSR count). The van der Waals surface area contributed by atoms with Crippen LogP contribution in [0.2, 0.25) is 0 Å². The molecule has 22 heavy (non-hydrogen) atoms. The topological polar surface area (TPSA) is 67.0 Å². The molecular formula is C16H18FN3O2. The van der Waals surface area contributed by atoms with Gasteiger partial charge in [0.2, 0.25) is 0 Å². The number of nitrogens with zero attached hydrogens (tertiary/aromatic N) is 1. The fourth-order valence-corrected chi connectivity index (χ4v) is 2.50. The third-order valence-corrected chi connectivity index (χ3v) is 3.83. The third-order valence-electron chi connectivity index (χ3n) is 3.83. The third kappa shape index (κ3) is 3.23. The summed E-state index contributed by atoms with van der Waals surface area (Å²) < 4.78 is 18.2. The maximum atomic E-state index is 12.9. The lowest BCUT2D eigenvalue weighted by molar-refractivity contribution is 0.107. The number of ether oxygens (including phenoxy) is 1.